The van der Waals surface area contributed by atoms with Gasteiger partial charge in [0.05, 0.1) is 6.42 Å². The number of carboxylic acid groups (broad SMARTS) is 1. The molecule has 2 aromatic carbocycles. The molecule has 1 atom stereocenters. The van der Waals surface area contributed by atoms with Crippen molar-refractivity contribution in [1.82, 2.24) is 10.2 Å². The van der Waals surface area contributed by atoms with Gasteiger partial charge in [0.1, 0.15) is 6.61 Å². The quantitative estimate of drug-likeness (QED) is 0.659. The van der Waals surface area contributed by atoms with Crippen molar-refractivity contribution in [2.24, 2.45) is 5.92 Å². The van der Waals surface area contributed by atoms with E-state index in [4.69, 9.17) is 9.84 Å². The molecule has 0 spiro atoms. The van der Waals surface area contributed by atoms with Crippen molar-refractivity contribution in [3.05, 3.63) is 59.7 Å². The number of hydrogen-bond acceptors (Lipinski definition) is 4. The van der Waals surface area contributed by atoms with Gasteiger partial charge in [-0.25, -0.2) is 4.79 Å². The van der Waals surface area contributed by atoms with E-state index >= 15 is 0 Å². The number of carboxylic acids is 1. The largest absolute Gasteiger partial charge is 0.481 e. The average molecular weight is 437 g/mol. The van der Waals surface area contributed by atoms with Crippen LogP contribution in [0.2, 0.25) is 0 Å². The molecule has 4 rings (SSSR count). The van der Waals surface area contributed by atoms with Gasteiger partial charge in [-0.1, -0.05) is 55.5 Å². The van der Waals surface area contributed by atoms with Gasteiger partial charge in [-0.3, -0.25) is 9.59 Å². The minimum atomic E-state index is -0.842. The zero-order valence-corrected chi connectivity index (χ0v) is 18.1. The SMILES string of the molecule is CCC(CC(=O)N1CC(CC(=O)O)C1)NC(=O)OCC1c2ccccc2-c2ccccc21. The summed E-state index contributed by atoms with van der Waals surface area (Å²) < 4.78 is 5.57. The average Bonchev–Trinajstić information content (AvgIpc) is 3.07. The Hall–Kier alpha value is -3.35. The molecule has 1 aliphatic heterocycles. The van der Waals surface area contributed by atoms with E-state index in [-0.39, 0.29) is 43.2 Å². The Morgan fingerprint density at radius 2 is 1.66 bits per heavy atom. The maximum atomic E-state index is 12.5. The highest BCUT2D eigenvalue weighted by Gasteiger charge is 2.33. The monoisotopic (exact) mass is 436 g/mol. The van der Waals surface area contributed by atoms with Gasteiger partial charge in [-0.15, -0.1) is 0 Å². The summed E-state index contributed by atoms with van der Waals surface area (Å²) in [5, 5.41) is 11.6. The highest BCUT2D eigenvalue weighted by molar-refractivity contribution is 5.80. The molecule has 1 aliphatic carbocycles. The summed E-state index contributed by atoms with van der Waals surface area (Å²) in [4.78, 5) is 37.3. The van der Waals surface area contributed by atoms with E-state index < -0.39 is 12.1 Å². The van der Waals surface area contributed by atoms with E-state index in [1.54, 1.807) is 4.90 Å². The van der Waals surface area contributed by atoms with Crippen molar-refractivity contribution in [3.63, 3.8) is 0 Å². The number of alkyl carbamates (subject to hydrolysis) is 1. The fraction of sp³-hybridized carbons (Fsp3) is 0.400. The highest BCUT2D eigenvalue weighted by atomic mass is 16.5. The number of nitrogens with zero attached hydrogens (tertiary/aromatic N) is 1. The topological polar surface area (TPSA) is 95.9 Å². The van der Waals surface area contributed by atoms with Crippen LogP contribution in [0.4, 0.5) is 4.79 Å². The number of amides is 2. The van der Waals surface area contributed by atoms with Crippen LogP contribution in [0.25, 0.3) is 11.1 Å². The standard InChI is InChI=1S/C25H28N2O5/c1-2-17(12-23(28)27-13-16(14-27)11-24(29)30)26-25(31)32-15-22-20-9-5-3-7-18(20)19-8-4-6-10-21(19)22/h3-10,16-17,22H,2,11-15H2,1H3,(H,26,31)(H,29,30). The van der Waals surface area contributed by atoms with E-state index in [1.807, 2.05) is 31.2 Å². The molecule has 0 saturated carbocycles. The van der Waals surface area contributed by atoms with E-state index in [0.717, 1.165) is 11.1 Å². The molecule has 7 nitrogen and oxygen atoms in total. The van der Waals surface area contributed by atoms with Gasteiger partial charge in [0.2, 0.25) is 5.91 Å². The summed E-state index contributed by atoms with van der Waals surface area (Å²) in [5.74, 6) is -0.906. The number of nitrogens with one attached hydrogen (secondary N) is 1. The fourth-order valence-electron chi connectivity index (χ4n) is 4.59. The number of hydrogen-bond donors (Lipinski definition) is 2. The minimum absolute atomic E-state index is 0.0119. The number of benzene rings is 2. The Balaban J connectivity index is 1.29. The summed E-state index contributed by atoms with van der Waals surface area (Å²) in [6.07, 6.45) is 0.334. The van der Waals surface area contributed by atoms with Crippen molar-refractivity contribution in [2.45, 2.75) is 38.1 Å². The molecule has 0 bridgehead atoms. The summed E-state index contributed by atoms with van der Waals surface area (Å²) >= 11 is 0. The van der Waals surface area contributed by atoms with Crippen LogP contribution in [-0.2, 0) is 14.3 Å². The molecule has 2 aliphatic rings. The molecule has 0 radical (unpaired) electrons. The van der Waals surface area contributed by atoms with Crippen LogP contribution in [0, 0.1) is 5.92 Å². The van der Waals surface area contributed by atoms with Crippen LogP contribution >= 0.6 is 0 Å². The lowest BCUT2D eigenvalue weighted by atomic mass is 9.95. The maximum Gasteiger partial charge on any atom is 0.407 e. The third-order valence-electron chi connectivity index (χ3n) is 6.35. The summed E-state index contributed by atoms with van der Waals surface area (Å²) in [5.41, 5.74) is 4.64. The lowest BCUT2D eigenvalue weighted by Gasteiger charge is -2.39. The first-order chi connectivity index (χ1) is 15.5. The number of ether oxygens (including phenoxy) is 1. The van der Waals surface area contributed by atoms with Gasteiger partial charge >= 0.3 is 12.1 Å². The van der Waals surface area contributed by atoms with Crippen LogP contribution in [-0.4, -0.2) is 53.7 Å². The third-order valence-corrected chi connectivity index (χ3v) is 6.35. The van der Waals surface area contributed by atoms with Crippen LogP contribution < -0.4 is 5.32 Å². The van der Waals surface area contributed by atoms with Gasteiger partial charge < -0.3 is 20.1 Å². The molecule has 1 heterocycles. The third kappa shape index (κ3) is 4.61. The van der Waals surface area contributed by atoms with Crippen molar-refractivity contribution >= 4 is 18.0 Å². The molecular weight excluding hydrogens is 408 g/mol. The molecule has 2 N–H and O–H groups in total. The first kappa shape index (κ1) is 21.9. The van der Waals surface area contributed by atoms with Crippen LogP contribution in [0.1, 0.15) is 43.2 Å². The van der Waals surface area contributed by atoms with Gasteiger partial charge in [0.25, 0.3) is 0 Å². The number of carbonyl (C=O) groups excluding carboxylic acids is 2. The smallest absolute Gasteiger partial charge is 0.407 e. The zero-order valence-electron chi connectivity index (χ0n) is 18.1. The van der Waals surface area contributed by atoms with Crippen molar-refractivity contribution < 1.29 is 24.2 Å². The number of aliphatic carboxylic acids is 1. The van der Waals surface area contributed by atoms with Gasteiger partial charge in [-0.05, 0) is 28.7 Å². The lowest BCUT2D eigenvalue weighted by Crippen LogP contribution is -2.52. The highest BCUT2D eigenvalue weighted by Crippen LogP contribution is 2.44. The van der Waals surface area contributed by atoms with E-state index in [0.29, 0.717) is 19.5 Å². The molecule has 1 saturated heterocycles. The van der Waals surface area contributed by atoms with E-state index in [9.17, 15) is 14.4 Å². The van der Waals surface area contributed by atoms with E-state index in [1.165, 1.54) is 11.1 Å². The molecule has 0 aromatic heterocycles. The first-order valence-electron chi connectivity index (χ1n) is 11.1. The van der Waals surface area contributed by atoms with Gasteiger partial charge in [-0.2, -0.15) is 0 Å². The summed E-state index contributed by atoms with van der Waals surface area (Å²) in [6.45, 7) is 3.07. The Kier molecular flexibility index (Phi) is 6.44. The van der Waals surface area contributed by atoms with Gasteiger partial charge in [0.15, 0.2) is 0 Å². The molecule has 2 amide bonds. The Labute approximate surface area is 187 Å². The lowest BCUT2D eigenvalue weighted by molar-refractivity contribution is -0.145. The predicted molar refractivity (Wildman–Crippen MR) is 119 cm³/mol. The molecule has 168 valence electrons. The normalized spacial score (nSPS) is 16.0. The minimum Gasteiger partial charge on any atom is -0.481 e. The van der Waals surface area contributed by atoms with Crippen molar-refractivity contribution in [1.29, 1.82) is 0 Å². The number of fused-ring (bicyclic) bond motifs is 3. The van der Waals surface area contributed by atoms with Crippen LogP contribution in [0.3, 0.4) is 0 Å². The Morgan fingerprint density at radius 1 is 1.06 bits per heavy atom. The van der Waals surface area contributed by atoms with Gasteiger partial charge in [0, 0.05) is 37.4 Å². The summed E-state index contributed by atoms with van der Waals surface area (Å²) in [6, 6.07) is 16.0. The fourth-order valence-corrected chi connectivity index (χ4v) is 4.59. The summed E-state index contributed by atoms with van der Waals surface area (Å²) in [7, 11) is 0. The van der Waals surface area contributed by atoms with Crippen molar-refractivity contribution in [2.75, 3.05) is 19.7 Å². The number of carbonyl (C=O) groups is 3. The number of likely N-dealkylation sites (tertiary alicyclic amines) is 1. The Bertz CT molecular complexity index is 969. The second-order valence-electron chi connectivity index (χ2n) is 8.54. The molecule has 1 fully saturated rings. The van der Waals surface area contributed by atoms with Crippen molar-refractivity contribution in [3.8, 4) is 11.1 Å². The van der Waals surface area contributed by atoms with Crippen LogP contribution in [0.5, 0.6) is 0 Å². The molecule has 7 heteroatoms. The molecule has 32 heavy (non-hydrogen) atoms. The second kappa shape index (κ2) is 9.42. The molecular formula is C25H28N2O5. The second-order valence-corrected chi connectivity index (χ2v) is 8.54. The Morgan fingerprint density at radius 3 is 2.22 bits per heavy atom. The molecule has 1 unspecified atom stereocenters. The molecule has 2 aromatic rings. The number of rotatable bonds is 8. The zero-order chi connectivity index (χ0) is 22.7. The maximum absolute atomic E-state index is 12.5. The predicted octanol–water partition coefficient (Wildman–Crippen LogP) is 3.63. The first-order valence-corrected chi connectivity index (χ1v) is 11.1. The van der Waals surface area contributed by atoms with Crippen LogP contribution in [0.15, 0.2) is 48.5 Å². The van der Waals surface area contributed by atoms with E-state index in [2.05, 4.69) is 29.6 Å².